The second-order valence-electron chi connectivity index (χ2n) is 4.61. The van der Waals surface area contributed by atoms with Crippen LogP contribution in [0.1, 0.15) is 13.3 Å². The van der Waals surface area contributed by atoms with Crippen molar-refractivity contribution in [1.29, 1.82) is 0 Å². The van der Waals surface area contributed by atoms with E-state index in [0.717, 1.165) is 29.6 Å². The Morgan fingerprint density at radius 2 is 2.16 bits per heavy atom. The van der Waals surface area contributed by atoms with E-state index < -0.39 is 0 Å². The molecule has 0 radical (unpaired) electrons. The second-order valence-corrected chi connectivity index (χ2v) is 5.00. The van der Waals surface area contributed by atoms with Crippen LogP contribution in [-0.2, 0) is 0 Å². The zero-order valence-corrected chi connectivity index (χ0v) is 12.2. The molecule has 5 heteroatoms. The van der Waals surface area contributed by atoms with Gasteiger partial charge in [-0.15, -0.1) is 0 Å². The third-order valence-corrected chi connectivity index (χ3v) is 3.37. The van der Waals surface area contributed by atoms with E-state index in [9.17, 15) is 0 Å². The Morgan fingerprint density at radius 3 is 2.89 bits per heavy atom. The van der Waals surface area contributed by atoms with E-state index in [2.05, 4.69) is 12.2 Å². The van der Waals surface area contributed by atoms with Crippen molar-refractivity contribution < 1.29 is 9.47 Å². The number of benzene rings is 1. The number of thiocarbonyl (C=S) groups is 1. The molecule has 1 aliphatic rings. The van der Waals surface area contributed by atoms with Gasteiger partial charge in [0.1, 0.15) is 6.61 Å². The fraction of sp³-hybridized carbons (Fsp3) is 0.500. The minimum Gasteiger partial charge on any atom is -0.486 e. The number of fused-ring (bicyclic) bond motifs is 1. The molecule has 0 aliphatic carbocycles. The monoisotopic (exact) mass is 280 g/mol. The molecule has 2 rings (SSSR count). The molecule has 104 valence electrons. The predicted molar refractivity (Wildman–Crippen MR) is 79.9 cm³/mol. The molecule has 0 fully saturated rings. The van der Waals surface area contributed by atoms with Gasteiger partial charge < -0.3 is 19.7 Å². The second kappa shape index (κ2) is 6.61. The lowest BCUT2D eigenvalue weighted by Gasteiger charge is -2.30. The van der Waals surface area contributed by atoms with Gasteiger partial charge in [-0.05, 0) is 30.8 Å². The quantitative estimate of drug-likeness (QED) is 0.854. The Kier molecular flexibility index (Phi) is 4.85. The Morgan fingerprint density at radius 1 is 1.42 bits per heavy atom. The molecule has 4 nitrogen and oxygen atoms in total. The number of likely N-dealkylation sites (N-methyl/N-ethyl adjacent to an activating group) is 1. The van der Waals surface area contributed by atoms with Crippen molar-refractivity contribution in [2.45, 2.75) is 19.4 Å². The van der Waals surface area contributed by atoms with Crippen LogP contribution in [-0.4, -0.2) is 42.9 Å². The predicted octanol–water partition coefficient (Wildman–Crippen LogP) is 2.04. The van der Waals surface area contributed by atoms with Crippen LogP contribution in [0.3, 0.4) is 0 Å². The summed E-state index contributed by atoms with van der Waals surface area (Å²) in [5.41, 5.74) is 0. The summed E-state index contributed by atoms with van der Waals surface area (Å²) in [6.45, 7) is 4.28. The molecule has 1 atom stereocenters. The van der Waals surface area contributed by atoms with Crippen LogP contribution in [0.4, 0.5) is 0 Å². The number of para-hydroxylation sites is 2. The number of hydrogen-bond acceptors (Lipinski definition) is 3. The van der Waals surface area contributed by atoms with Gasteiger partial charge in [0.15, 0.2) is 22.7 Å². The summed E-state index contributed by atoms with van der Waals surface area (Å²) < 4.78 is 11.6. The average Bonchev–Trinajstić information content (AvgIpc) is 2.44. The van der Waals surface area contributed by atoms with E-state index >= 15 is 0 Å². The largest absolute Gasteiger partial charge is 0.486 e. The van der Waals surface area contributed by atoms with Gasteiger partial charge in [0.25, 0.3) is 0 Å². The summed E-state index contributed by atoms with van der Waals surface area (Å²) in [6.07, 6.45) is 1.06. The van der Waals surface area contributed by atoms with Gasteiger partial charge in [-0.1, -0.05) is 19.1 Å². The summed E-state index contributed by atoms with van der Waals surface area (Å²) in [7, 11) is 1.97. The Labute approximate surface area is 119 Å². The maximum atomic E-state index is 5.90. The van der Waals surface area contributed by atoms with E-state index in [-0.39, 0.29) is 6.10 Å². The van der Waals surface area contributed by atoms with Gasteiger partial charge in [0.05, 0.1) is 6.54 Å². The molecule has 19 heavy (non-hydrogen) atoms. The van der Waals surface area contributed by atoms with Crippen molar-refractivity contribution in [1.82, 2.24) is 10.2 Å². The van der Waals surface area contributed by atoms with E-state index in [0.29, 0.717) is 13.2 Å². The lowest BCUT2D eigenvalue weighted by molar-refractivity contribution is 0.0779. The maximum Gasteiger partial charge on any atom is 0.168 e. The third kappa shape index (κ3) is 3.73. The van der Waals surface area contributed by atoms with Gasteiger partial charge in [-0.3, -0.25) is 0 Å². The summed E-state index contributed by atoms with van der Waals surface area (Å²) >= 11 is 5.31. The number of nitrogens with one attached hydrogen (secondary N) is 1. The smallest absolute Gasteiger partial charge is 0.168 e. The Balaban J connectivity index is 1.86. The number of hydrogen-bond donors (Lipinski definition) is 1. The first kappa shape index (κ1) is 13.9. The topological polar surface area (TPSA) is 33.7 Å². The number of rotatable bonds is 4. The van der Waals surface area contributed by atoms with Gasteiger partial charge in [-0.25, -0.2) is 0 Å². The number of ether oxygens (including phenoxy) is 2. The van der Waals surface area contributed by atoms with Gasteiger partial charge >= 0.3 is 0 Å². The molecular formula is C14H20N2O2S. The molecule has 0 amide bonds. The van der Waals surface area contributed by atoms with Crippen LogP contribution in [0.15, 0.2) is 24.3 Å². The number of nitrogens with zero attached hydrogens (tertiary/aromatic N) is 1. The average molecular weight is 280 g/mol. The maximum absolute atomic E-state index is 5.90. The van der Waals surface area contributed by atoms with E-state index in [1.807, 2.05) is 36.2 Å². The van der Waals surface area contributed by atoms with Gasteiger partial charge in [0, 0.05) is 13.6 Å². The summed E-state index contributed by atoms with van der Waals surface area (Å²) in [6, 6.07) is 7.73. The van der Waals surface area contributed by atoms with E-state index in [4.69, 9.17) is 21.7 Å². The van der Waals surface area contributed by atoms with Crippen molar-refractivity contribution in [3.05, 3.63) is 24.3 Å². The standard InChI is InChI=1S/C14H20N2O2S/c1-3-8-15-14(19)16(2)9-11-10-17-12-6-4-5-7-13(12)18-11/h4-7,11H,3,8-10H2,1-2H3,(H,15,19). The molecule has 1 N–H and O–H groups in total. The van der Waals surface area contributed by atoms with Crippen molar-refractivity contribution in [3.63, 3.8) is 0 Å². The van der Waals surface area contributed by atoms with Crippen molar-refractivity contribution in [2.24, 2.45) is 0 Å². The van der Waals surface area contributed by atoms with Crippen LogP contribution in [0.25, 0.3) is 0 Å². The van der Waals surface area contributed by atoms with Crippen molar-refractivity contribution in [2.75, 3.05) is 26.7 Å². The summed E-state index contributed by atoms with van der Waals surface area (Å²) in [4.78, 5) is 1.99. The molecule has 1 unspecified atom stereocenters. The highest BCUT2D eigenvalue weighted by molar-refractivity contribution is 7.80. The van der Waals surface area contributed by atoms with Crippen LogP contribution in [0, 0.1) is 0 Å². The molecule has 1 aromatic rings. The molecule has 0 spiro atoms. The highest BCUT2D eigenvalue weighted by Crippen LogP contribution is 2.30. The third-order valence-electron chi connectivity index (χ3n) is 2.92. The minimum atomic E-state index is 0.00118. The molecule has 0 saturated carbocycles. The van der Waals surface area contributed by atoms with Gasteiger partial charge in [-0.2, -0.15) is 0 Å². The van der Waals surface area contributed by atoms with Crippen LogP contribution in [0.5, 0.6) is 11.5 Å². The molecule has 1 heterocycles. The van der Waals surface area contributed by atoms with Crippen LogP contribution < -0.4 is 14.8 Å². The molecule has 0 bridgehead atoms. The minimum absolute atomic E-state index is 0.00118. The fourth-order valence-electron chi connectivity index (χ4n) is 1.91. The first-order chi connectivity index (χ1) is 9.20. The van der Waals surface area contributed by atoms with E-state index in [1.54, 1.807) is 0 Å². The fourth-order valence-corrected chi connectivity index (χ4v) is 2.08. The van der Waals surface area contributed by atoms with Crippen LogP contribution >= 0.6 is 12.2 Å². The van der Waals surface area contributed by atoms with Crippen molar-refractivity contribution in [3.8, 4) is 11.5 Å². The Hall–Kier alpha value is -1.49. The highest BCUT2D eigenvalue weighted by atomic mass is 32.1. The van der Waals surface area contributed by atoms with Gasteiger partial charge in [0.2, 0.25) is 0 Å². The lowest BCUT2D eigenvalue weighted by Crippen LogP contribution is -2.45. The normalized spacial score (nSPS) is 16.8. The molecule has 1 aromatic carbocycles. The SMILES string of the molecule is CCCNC(=S)N(C)CC1COc2ccccc2O1. The molecule has 1 aliphatic heterocycles. The summed E-state index contributed by atoms with van der Waals surface area (Å²) in [5, 5.41) is 3.96. The highest BCUT2D eigenvalue weighted by Gasteiger charge is 2.22. The molecular weight excluding hydrogens is 260 g/mol. The van der Waals surface area contributed by atoms with Crippen LogP contribution in [0.2, 0.25) is 0 Å². The first-order valence-corrected chi connectivity index (χ1v) is 6.99. The van der Waals surface area contributed by atoms with Crippen molar-refractivity contribution >= 4 is 17.3 Å². The summed E-state index contributed by atoms with van der Waals surface area (Å²) in [5.74, 6) is 1.62. The lowest BCUT2D eigenvalue weighted by atomic mass is 10.2. The van der Waals surface area contributed by atoms with E-state index in [1.165, 1.54) is 0 Å². The first-order valence-electron chi connectivity index (χ1n) is 6.58. The zero-order chi connectivity index (χ0) is 13.7. The Bertz CT molecular complexity index is 439. The zero-order valence-electron chi connectivity index (χ0n) is 11.4. The molecule has 0 aromatic heterocycles. The molecule has 0 saturated heterocycles.